The minimum atomic E-state index is -1.02. The first-order valence-electron chi connectivity index (χ1n) is 7.91. The van der Waals surface area contributed by atoms with E-state index in [-0.39, 0.29) is 5.78 Å². The van der Waals surface area contributed by atoms with E-state index in [0.717, 1.165) is 36.7 Å². The van der Waals surface area contributed by atoms with Gasteiger partial charge in [0.15, 0.2) is 11.7 Å². The van der Waals surface area contributed by atoms with Crippen LogP contribution in [0.1, 0.15) is 32.6 Å². The van der Waals surface area contributed by atoms with Crippen LogP contribution in [-0.2, 0) is 9.59 Å². The molecule has 0 bridgehead atoms. The van der Waals surface area contributed by atoms with E-state index in [1.54, 1.807) is 0 Å². The van der Waals surface area contributed by atoms with Crippen molar-refractivity contribution in [1.82, 2.24) is 9.80 Å². The van der Waals surface area contributed by atoms with Crippen molar-refractivity contribution in [2.75, 3.05) is 19.6 Å². The molecule has 0 aromatic rings. The largest absolute Gasteiger partial charge is 0.481 e. The summed E-state index contributed by atoms with van der Waals surface area (Å²) in [6.07, 6.45) is 4.72. The quantitative estimate of drug-likeness (QED) is 0.806. The zero-order valence-corrected chi connectivity index (χ0v) is 13.5. The van der Waals surface area contributed by atoms with Crippen LogP contribution in [0.25, 0.3) is 0 Å². The molecule has 2 unspecified atom stereocenters. The van der Waals surface area contributed by atoms with Crippen LogP contribution in [0.5, 0.6) is 0 Å². The standard InChI is InChI=1S/C16H21ClN2O3/c1-2-19-12-9-10(17)5-6-11(12)14(20)13(16(21)22)15(19)18-7-3-4-8-18/h9,13,15H,2-8H2,1H3,(H,21,22). The fraction of sp³-hybridized carbons (Fsp3) is 0.625. The van der Waals surface area contributed by atoms with Crippen LogP contribution < -0.4 is 0 Å². The number of rotatable bonds is 3. The van der Waals surface area contributed by atoms with E-state index < -0.39 is 18.1 Å². The Labute approximate surface area is 135 Å². The lowest BCUT2D eigenvalue weighted by Crippen LogP contribution is -2.58. The predicted molar refractivity (Wildman–Crippen MR) is 83.3 cm³/mol. The molecular weight excluding hydrogens is 304 g/mol. The van der Waals surface area contributed by atoms with E-state index in [2.05, 4.69) is 9.80 Å². The van der Waals surface area contributed by atoms with Gasteiger partial charge in [-0.25, -0.2) is 0 Å². The number of likely N-dealkylation sites (N-methyl/N-ethyl adjacent to an activating group) is 1. The number of carbonyl (C=O) groups excluding carboxylic acids is 1. The number of aliphatic carboxylic acids is 1. The van der Waals surface area contributed by atoms with Crippen molar-refractivity contribution < 1.29 is 14.7 Å². The maximum absolute atomic E-state index is 12.8. The number of hydrogen-bond acceptors (Lipinski definition) is 4. The average molecular weight is 325 g/mol. The molecule has 0 aromatic carbocycles. The third kappa shape index (κ3) is 2.46. The molecule has 0 amide bonds. The van der Waals surface area contributed by atoms with Gasteiger partial charge in [0.25, 0.3) is 0 Å². The summed E-state index contributed by atoms with van der Waals surface area (Å²) in [5.74, 6) is -2.25. The SMILES string of the molecule is CCN1C2=C(CCC(Cl)=C2)C(=O)C(C(=O)O)C1N1CCCC1. The van der Waals surface area contributed by atoms with Gasteiger partial charge in [-0.2, -0.15) is 0 Å². The molecule has 6 heteroatoms. The van der Waals surface area contributed by atoms with Crippen LogP contribution in [0.2, 0.25) is 0 Å². The number of carboxylic acids is 1. The first-order valence-corrected chi connectivity index (χ1v) is 8.29. The molecule has 3 aliphatic rings. The molecule has 5 nitrogen and oxygen atoms in total. The Morgan fingerprint density at radius 2 is 2.05 bits per heavy atom. The van der Waals surface area contributed by atoms with E-state index >= 15 is 0 Å². The highest BCUT2D eigenvalue weighted by Gasteiger charge is 2.48. The Morgan fingerprint density at radius 1 is 1.36 bits per heavy atom. The third-order valence-electron chi connectivity index (χ3n) is 4.84. The third-order valence-corrected chi connectivity index (χ3v) is 5.14. The molecule has 3 rings (SSSR count). The molecule has 1 fully saturated rings. The van der Waals surface area contributed by atoms with Crippen molar-refractivity contribution in [1.29, 1.82) is 0 Å². The highest BCUT2D eigenvalue weighted by atomic mass is 35.5. The Morgan fingerprint density at radius 3 is 2.64 bits per heavy atom. The molecule has 0 saturated carbocycles. The normalized spacial score (nSPS) is 29.6. The lowest BCUT2D eigenvalue weighted by Gasteiger charge is -2.46. The summed E-state index contributed by atoms with van der Waals surface area (Å²) in [6.45, 7) is 4.35. The number of ketones is 1. The molecule has 2 atom stereocenters. The lowest BCUT2D eigenvalue weighted by molar-refractivity contribution is -0.152. The monoisotopic (exact) mass is 324 g/mol. The number of Topliss-reactive ketones (excluding diaryl/α,β-unsaturated/α-hetero) is 1. The number of allylic oxidation sites excluding steroid dienone is 3. The second-order valence-electron chi connectivity index (χ2n) is 6.08. The van der Waals surface area contributed by atoms with Gasteiger partial charge in [-0.05, 0) is 38.7 Å². The summed E-state index contributed by atoms with van der Waals surface area (Å²) < 4.78 is 0. The summed E-state index contributed by atoms with van der Waals surface area (Å²) in [6, 6.07) is 0. The van der Waals surface area contributed by atoms with Gasteiger partial charge in [0.05, 0.1) is 0 Å². The van der Waals surface area contributed by atoms with E-state index in [1.165, 1.54) is 0 Å². The van der Waals surface area contributed by atoms with Crippen LogP contribution in [0.4, 0.5) is 0 Å². The Hall–Kier alpha value is -1.33. The molecule has 2 aliphatic heterocycles. The van der Waals surface area contributed by atoms with Crippen LogP contribution in [0.15, 0.2) is 22.4 Å². The highest BCUT2D eigenvalue weighted by Crippen LogP contribution is 2.39. The van der Waals surface area contributed by atoms with E-state index in [4.69, 9.17) is 11.6 Å². The first-order chi connectivity index (χ1) is 10.5. The maximum atomic E-state index is 12.8. The molecule has 1 aliphatic carbocycles. The van der Waals surface area contributed by atoms with Crippen molar-refractivity contribution in [3.05, 3.63) is 22.4 Å². The van der Waals surface area contributed by atoms with Gasteiger partial charge in [-0.15, -0.1) is 0 Å². The molecule has 0 radical (unpaired) electrons. The van der Waals surface area contributed by atoms with Crippen LogP contribution in [-0.4, -0.2) is 52.5 Å². The second-order valence-corrected chi connectivity index (χ2v) is 6.56. The van der Waals surface area contributed by atoms with E-state index in [0.29, 0.717) is 25.0 Å². The number of hydrogen-bond donors (Lipinski definition) is 1. The minimum Gasteiger partial charge on any atom is -0.481 e. The summed E-state index contributed by atoms with van der Waals surface area (Å²) in [4.78, 5) is 28.8. The van der Waals surface area contributed by atoms with Crippen LogP contribution in [0, 0.1) is 5.92 Å². The van der Waals surface area contributed by atoms with Gasteiger partial charge in [-0.3, -0.25) is 14.5 Å². The van der Waals surface area contributed by atoms with E-state index in [9.17, 15) is 14.7 Å². The molecule has 2 heterocycles. The van der Waals surface area contributed by atoms with Crippen molar-refractivity contribution in [3.63, 3.8) is 0 Å². The number of carboxylic acid groups (broad SMARTS) is 1. The van der Waals surface area contributed by atoms with Crippen LogP contribution in [0.3, 0.4) is 0 Å². The fourth-order valence-electron chi connectivity index (χ4n) is 3.84. The molecule has 0 aromatic heterocycles. The second kappa shape index (κ2) is 6.05. The van der Waals surface area contributed by atoms with Crippen molar-refractivity contribution in [3.8, 4) is 0 Å². The molecular formula is C16H21ClN2O3. The predicted octanol–water partition coefficient (Wildman–Crippen LogP) is 2.18. The Balaban J connectivity index is 2.08. The van der Waals surface area contributed by atoms with Gasteiger partial charge >= 0.3 is 5.97 Å². The van der Waals surface area contributed by atoms with Gasteiger partial charge in [0.1, 0.15) is 6.17 Å². The number of carbonyl (C=O) groups is 2. The van der Waals surface area contributed by atoms with Gasteiger partial charge in [0, 0.05) is 35.9 Å². The molecule has 0 spiro atoms. The summed E-state index contributed by atoms with van der Waals surface area (Å²) in [5, 5.41) is 10.4. The van der Waals surface area contributed by atoms with Gasteiger partial charge < -0.3 is 10.0 Å². The van der Waals surface area contributed by atoms with Crippen molar-refractivity contribution in [2.24, 2.45) is 5.92 Å². The van der Waals surface area contributed by atoms with Crippen LogP contribution >= 0.6 is 11.6 Å². The number of nitrogens with zero attached hydrogens (tertiary/aromatic N) is 2. The first kappa shape index (κ1) is 15.6. The zero-order chi connectivity index (χ0) is 15.9. The smallest absolute Gasteiger partial charge is 0.317 e. The zero-order valence-electron chi connectivity index (χ0n) is 12.7. The maximum Gasteiger partial charge on any atom is 0.317 e. The Bertz CT molecular complexity index is 564. The Kier molecular flexibility index (Phi) is 4.28. The number of halogens is 1. The topological polar surface area (TPSA) is 60.9 Å². The van der Waals surface area contributed by atoms with Crippen molar-refractivity contribution >= 4 is 23.4 Å². The average Bonchev–Trinajstić information content (AvgIpc) is 3.00. The highest BCUT2D eigenvalue weighted by molar-refractivity contribution is 6.30. The minimum absolute atomic E-state index is 0.232. The van der Waals surface area contributed by atoms with Gasteiger partial charge in [0.2, 0.25) is 0 Å². The van der Waals surface area contributed by atoms with Crippen molar-refractivity contribution in [2.45, 2.75) is 38.8 Å². The molecule has 120 valence electrons. The molecule has 1 N–H and O–H groups in total. The summed E-state index contributed by atoms with van der Waals surface area (Å²) >= 11 is 6.17. The number of likely N-dealkylation sites (tertiary alicyclic amines) is 1. The summed E-state index contributed by atoms with van der Waals surface area (Å²) in [5.41, 5.74) is 1.47. The summed E-state index contributed by atoms with van der Waals surface area (Å²) in [7, 11) is 0. The van der Waals surface area contributed by atoms with Gasteiger partial charge in [-0.1, -0.05) is 11.6 Å². The lowest BCUT2D eigenvalue weighted by atomic mass is 9.83. The fourth-order valence-corrected chi connectivity index (χ4v) is 4.04. The van der Waals surface area contributed by atoms with E-state index in [1.807, 2.05) is 13.0 Å². The molecule has 1 saturated heterocycles. The molecule has 22 heavy (non-hydrogen) atoms.